The SMILES string of the molecule is O=C(CCN1C(=O)C(=Cc2cc(-c3cc(C(F)(F)F)cc(C(F)(F)F)c3)c(NCCN3CCOCC3)s2)SC1=S)Nc1ccc(C(=O)O)c(O)c1. The standard InChI is InChI=1S/C32H28F6N4O6S3/c33-31(34,35)18-11-17(12-19(13-18)32(36,37)38)23-15-21(50-27(23)39-4-6-41-7-9-48-10-8-41)16-25-28(45)42(30(49)51-25)5-3-26(44)40-20-1-2-22(29(46)47)24(43)14-20/h1-2,11-16,39,43H,3-10H2,(H,40,44)(H,46,47). The molecule has 1 aromatic heterocycles. The van der Waals surface area contributed by atoms with Crippen LogP contribution in [-0.4, -0.2) is 88.1 Å². The van der Waals surface area contributed by atoms with Crippen LogP contribution < -0.4 is 10.6 Å². The van der Waals surface area contributed by atoms with Crippen molar-refractivity contribution in [3.8, 4) is 16.9 Å². The van der Waals surface area contributed by atoms with Crippen LogP contribution in [-0.2, 0) is 26.7 Å². The Morgan fingerprint density at radius 3 is 2.25 bits per heavy atom. The number of benzene rings is 2. The lowest BCUT2D eigenvalue weighted by Crippen LogP contribution is -2.38. The van der Waals surface area contributed by atoms with Crippen molar-refractivity contribution in [2.75, 3.05) is 56.6 Å². The normalized spacial score (nSPS) is 16.6. The lowest BCUT2D eigenvalue weighted by Gasteiger charge is -2.26. The average molecular weight is 775 g/mol. The van der Waals surface area contributed by atoms with E-state index in [4.69, 9.17) is 22.1 Å². The summed E-state index contributed by atoms with van der Waals surface area (Å²) in [6, 6.07) is 6.24. The third-order valence-corrected chi connectivity index (χ3v) is 10.1. The molecule has 0 aliphatic carbocycles. The van der Waals surface area contributed by atoms with Crippen molar-refractivity contribution in [3.63, 3.8) is 0 Å². The smallest absolute Gasteiger partial charge is 0.416 e. The molecule has 272 valence electrons. The zero-order valence-electron chi connectivity index (χ0n) is 26.2. The molecule has 3 aromatic rings. The van der Waals surface area contributed by atoms with Gasteiger partial charge in [0, 0.05) is 61.3 Å². The number of amides is 2. The first-order valence-corrected chi connectivity index (χ1v) is 17.1. The topological polar surface area (TPSA) is 131 Å². The first kappa shape index (κ1) is 38.1. The highest BCUT2D eigenvalue weighted by Crippen LogP contribution is 2.44. The van der Waals surface area contributed by atoms with E-state index in [0.29, 0.717) is 61.4 Å². The maximum absolute atomic E-state index is 13.7. The second kappa shape index (κ2) is 15.6. The molecular weight excluding hydrogens is 747 g/mol. The van der Waals surface area contributed by atoms with Crippen LogP contribution in [0.3, 0.4) is 0 Å². The summed E-state index contributed by atoms with van der Waals surface area (Å²) in [6.07, 6.45) is -8.88. The summed E-state index contributed by atoms with van der Waals surface area (Å²) in [6.45, 7) is 3.13. The number of rotatable bonds is 11. The fourth-order valence-corrected chi connectivity index (χ4v) is 7.56. The van der Waals surface area contributed by atoms with Crippen molar-refractivity contribution in [1.29, 1.82) is 0 Å². The van der Waals surface area contributed by atoms with E-state index in [1.54, 1.807) is 0 Å². The van der Waals surface area contributed by atoms with Crippen molar-refractivity contribution in [3.05, 3.63) is 68.9 Å². The number of thiophene rings is 1. The first-order chi connectivity index (χ1) is 24.0. The highest BCUT2D eigenvalue weighted by molar-refractivity contribution is 8.26. The van der Waals surface area contributed by atoms with E-state index in [-0.39, 0.29) is 50.6 Å². The van der Waals surface area contributed by atoms with Crippen molar-refractivity contribution in [2.45, 2.75) is 18.8 Å². The summed E-state index contributed by atoms with van der Waals surface area (Å²) in [4.78, 5) is 40.7. The molecule has 2 fully saturated rings. The summed E-state index contributed by atoms with van der Waals surface area (Å²) in [5, 5.41) is 24.8. The van der Waals surface area contributed by atoms with E-state index in [2.05, 4.69) is 15.5 Å². The monoisotopic (exact) mass is 774 g/mol. The minimum atomic E-state index is -5.05. The quantitative estimate of drug-likeness (QED) is 0.0935. The van der Waals surface area contributed by atoms with Gasteiger partial charge in [0.05, 0.1) is 34.2 Å². The molecule has 0 unspecified atom stereocenters. The number of carboxylic acid groups (broad SMARTS) is 1. The number of nitrogens with one attached hydrogen (secondary N) is 2. The van der Waals surface area contributed by atoms with Crippen LogP contribution in [0.5, 0.6) is 5.75 Å². The molecule has 2 amide bonds. The Bertz CT molecular complexity index is 1840. The third kappa shape index (κ3) is 9.59. The number of morpholine rings is 1. The number of phenols is 1. The van der Waals surface area contributed by atoms with Crippen molar-refractivity contribution in [2.24, 2.45) is 0 Å². The van der Waals surface area contributed by atoms with E-state index in [1.807, 2.05) is 0 Å². The fourth-order valence-electron chi connectivity index (χ4n) is 5.14. The number of carboxylic acids is 1. The Labute approximate surface area is 300 Å². The summed E-state index contributed by atoms with van der Waals surface area (Å²) >= 11 is 7.30. The summed E-state index contributed by atoms with van der Waals surface area (Å²) in [7, 11) is 0. The number of carbonyl (C=O) groups excluding carboxylic acids is 2. The van der Waals surface area contributed by atoms with Crippen LogP contribution in [0.1, 0.15) is 32.8 Å². The molecule has 2 aliphatic rings. The Balaban J connectivity index is 1.36. The predicted molar refractivity (Wildman–Crippen MR) is 184 cm³/mol. The Morgan fingerprint density at radius 2 is 1.65 bits per heavy atom. The van der Waals surface area contributed by atoms with Crippen LogP contribution in [0.2, 0.25) is 0 Å². The van der Waals surface area contributed by atoms with Gasteiger partial charge in [-0.1, -0.05) is 24.0 Å². The fraction of sp³-hybridized carbons (Fsp3) is 0.312. The van der Waals surface area contributed by atoms with Gasteiger partial charge in [0.2, 0.25) is 5.91 Å². The number of hydrogen-bond donors (Lipinski definition) is 4. The molecule has 0 atom stereocenters. The summed E-state index contributed by atoms with van der Waals surface area (Å²) < 4.78 is 87.7. The number of anilines is 2. The first-order valence-electron chi connectivity index (χ1n) is 15.1. The molecule has 19 heteroatoms. The van der Waals surface area contributed by atoms with Crippen LogP contribution in [0.4, 0.5) is 37.0 Å². The highest BCUT2D eigenvalue weighted by Gasteiger charge is 2.38. The van der Waals surface area contributed by atoms with Crippen LogP contribution in [0.15, 0.2) is 47.4 Å². The lowest BCUT2D eigenvalue weighted by atomic mass is 10.00. The zero-order valence-corrected chi connectivity index (χ0v) is 28.6. The molecule has 2 saturated heterocycles. The van der Waals surface area contributed by atoms with Gasteiger partial charge in [-0.2, -0.15) is 26.3 Å². The van der Waals surface area contributed by atoms with E-state index in [9.17, 15) is 45.8 Å². The second-order valence-electron chi connectivity index (χ2n) is 11.2. The number of alkyl halides is 6. The van der Waals surface area contributed by atoms with Gasteiger partial charge in [0.1, 0.15) is 15.6 Å². The molecule has 5 rings (SSSR count). The largest absolute Gasteiger partial charge is 0.507 e. The number of hydrogen-bond acceptors (Lipinski definition) is 10. The van der Waals surface area contributed by atoms with E-state index < -0.39 is 47.0 Å². The second-order valence-corrected chi connectivity index (χ2v) is 14.0. The molecule has 51 heavy (non-hydrogen) atoms. The van der Waals surface area contributed by atoms with Crippen molar-refractivity contribution in [1.82, 2.24) is 9.80 Å². The molecule has 0 spiro atoms. The number of thiocarbonyl (C=S) groups is 1. The summed E-state index contributed by atoms with van der Waals surface area (Å²) in [5.74, 6) is -3.03. The minimum absolute atomic E-state index is 0.0623. The van der Waals surface area contributed by atoms with Crippen molar-refractivity contribution >= 4 is 74.2 Å². The van der Waals surface area contributed by atoms with E-state index >= 15 is 0 Å². The zero-order chi connectivity index (χ0) is 37.1. The number of thioether (sulfide) groups is 1. The molecule has 3 heterocycles. The van der Waals surface area contributed by atoms with Crippen molar-refractivity contribution < 1.29 is 55.7 Å². The van der Waals surface area contributed by atoms with Gasteiger partial charge in [-0.15, -0.1) is 11.3 Å². The van der Waals surface area contributed by atoms with Gasteiger partial charge in [-0.25, -0.2) is 4.79 Å². The van der Waals surface area contributed by atoms with Crippen LogP contribution >= 0.6 is 35.3 Å². The number of halogens is 6. The molecule has 0 radical (unpaired) electrons. The summed E-state index contributed by atoms with van der Waals surface area (Å²) in [5.41, 5.74) is -3.38. The van der Waals surface area contributed by atoms with Gasteiger partial charge in [0.15, 0.2) is 0 Å². The van der Waals surface area contributed by atoms with Gasteiger partial charge >= 0.3 is 18.3 Å². The van der Waals surface area contributed by atoms with Gasteiger partial charge < -0.3 is 25.6 Å². The highest BCUT2D eigenvalue weighted by atomic mass is 32.2. The molecule has 0 saturated carbocycles. The number of ether oxygens (including phenoxy) is 1. The van der Waals surface area contributed by atoms with Crippen LogP contribution in [0.25, 0.3) is 17.2 Å². The minimum Gasteiger partial charge on any atom is -0.507 e. The molecule has 2 aliphatic heterocycles. The lowest BCUT2D eigenvalue weighted by molar-refractivity contribution is -0.143. The van der Waals surface area contributed by atoms with Gasteiger partial charge in [0.25, 0.3) is 5.91 Å². The Morgan fingerprint density at radius 1 is 0.980 bits per heavy atom. The molecular formula is C32H28F6N4O6S3. The van der Waals surface area contributed by atoms with E-state index in [0.717, 1.165) is 35.2 Å². The van der Waals surface area contributed by atoms with E-state index in [1.165, 1.54) is 23.1 Å². The van der Waals surface area contributed by atoms with Gasteiger partial charge in [-0.3, -0.25) is 19.4 Å². The molecule has 4 N–H and O–H groups in total. The average Bonchev–Trinajstić information content (AvgIpc) is 3.57. The molecule has 2 aromatic carbocycles. The third-order valence-electron chi connectivity index (χ3n) is 7.69. The Kier molecular flexibility index (Phi) is 11.6. The maximum Gasteiger partial charge on any atom is 0.416 e. The van der Waals surface area contributed by atoms with Gasteiger partial charge in [-0.05, 0) is 48.0 Å². The van der Waals surface area contributed by atoms with Crippen LogP contribution in [0, 0.1) is 0 Å². The maximum atomic E-state index is 13.7. The predicted octanol–water partition coefficient (Wildman–Crippen LogP) is 6.83. The number of nitrogens with zero attached hydrogens (tertiary/aromatic N) is 2. The Hall–Kier alpha value is -4.17. The number of carbonyl (C=O) groups is 3. The number of aromatic carboxylic acids is 1. The number of aromatic hydroxyl groups is 1. The molecule has 10 nitrogen and oxygen atoms in total. The molecule has 0 bridgehead atoms.